The molecule has 5 rings (SSSR count). The maximum Gasteiger partial charge on any atom is 0.312 e. The summed E-state index contributed by atoms with van der Waals surface area (Å²) in [5, 5.41) is 21.9. The molecule has 1 heterocycles. The van der Waals surface area contributed by atoms with Crippen LogP contribution < -0.4 is 0 Å². The number of carboxylic acids is 1. The van der Waals surface area contributed by atoms with Crippen LogP contribution in [0.3, 0.4) is 0 Å². The highest BCUT2D eigenvalue weighted by molar-refractivity contribution is 5.85. The first-order chi connectivity index (χ1) is 12.9. The molecule has 142 valence electrons. The number of nitrogens with one attached hydrogen (secondary N) is 1. The van der Waals surface area contributed by atoms with Crippen molar-refractivity contribution in [2.45, 2.75) is 58.5 Å². The van der Waals surface area contributed by atoms with Crippen molar-refractivity contribution in [1.29, 1.82) is 0 Å². The Labute approximate surface area is 159 Å². The van der Waals surface area contributed by atoms with Crippen LogP contribution in [0.4, 0.5) is 0 Å². The number of allylic oxidation sites excluding steroid dienone is 2. The van der Waals surface area contributed by atoms with E-state index < -0.39 is 17.5 Å². The molecular weight excluding hydrogens is 338 g/mol. The topological polar surface area (TPSA) is 73.3 Å². The van der Waals surface area contributed by atoms with Gasteiger partial charge in [-0.1, -0.05) is 36.3 Å². The number of aliphatic hydroxyl groups is 1. The van der Waals surface area contributed by atoms with Gasteiger partial charge in [0.15, 0.2) is 0 Å². The third-order valence-corrected chi connectivity index (χ3v) is 8.08. The Morgan fingerprint density at radius 3 is 2.74 bits per heavy atom. The van der Waals surface area contributed by atoms with E-state index in [1.165, 1.54) is 33.3 Å². The van der Waals surface area contributed by atoms with Crippen molar-refractivity contribution in [3.8, 4) is 0 Å². The van der Waals surface area contributed by atoms with Crippen molar-refractivity contribution < 1.29 is 15.0 Å². The number of aromatic amines is 1. The molecule has 1 saturated carbocycles. The molecular formula is C23H27NO3. The summed E-state index contributed by atoms with van der Waals surface area (Å²) in [7, 11) is 0. The van der Waals surface area contributed by atoms with Gasteiger partial charge in [0, 0.05) is 23.0 Å². The van der Waals surface area contributed by atoms with Crippen molar-refractivity contribution >= 4 is 16.9 Å². The molecule has 0 unspecified atom stereocenters. The van der Waals surface area contributed by atoms with Crippen LogP contribution in [-0.2, 0) is 17.6 Å². The number of para-hydroxylation sites is 1. The molecule has 1 fully saturated rings. The van der Waals surface area contributed by atoms with E-state index in [4.69, 9.17) is 0 Å². The molecule has 3 aliphatic carbocycles. The molecule has 1 aromatic heterocycles. The Balaban J connectivity index is 1.62. The molecule has 0 spiro atoms. The number of H-pyrrole nitrogens is 1. The van der Waals surface area contributed by atoms with Crippen LogP contribution in [0.25, 0.3) is 10.9 Å². The molecule has 0 aliphatic heterocycles. The largest absolute Gasteiger partial charge is 0.481 e. The molecule has 0 saturated heterocycles. The summed E-state index contributed by atoms with van der Waals surface area (Å²) in [4.78, 5) is 15.8. The summed E-state index contributed by atoms with van der Waals surface area (Å²) < 4.78 is 0. The highest BCUT2D eigenvalue weighted by Gasteiger charge is 2.60. The summed E-state index contributed by atoms with van der Waals surface area (Å²) in [6.07, 6.45) is 4.33. The van der Waals surface area contributed by atoms with Crippen LogP contribution in [0.1, 0.15) is 50.8 Å². The van der Waals surface area contributed by atoms with Gasteiger partial charge in [-0.3, -0.25) is 4.79 Å². The van der Waals surface area contributed by atoms with Gasteiger partial charge in [0.25, 0.3) is 0 Å². The van der Waals surface area contributed by atoms with Crippen molar-refractivity contribution in [3.05, 3.63) is 46.7 Å². The van der Waals surface area contributed by atoms with E-state index in [1.807, 2.05) is 0 Å². The number of fused-ring (bicyclic) bond motifs is 5. The van der Waals surface area contributed by atoms with Gasteiger partial charge >= 0.3 is 5.97 Å². The predicted octanol–water partition coefficient (Wildman–Crippen LogP) is 4.23. The molecule has 0 radical (unpaired) electrons. The van der Waals surface area contributed by atoms with Gasteiger partial charge in [-0.05, 0) is 62.0 Å². The average Bonchev–Trinajstić information content (AvgIpc) is 3.01. The molecule has 3 aliphatic rings. The number of aromatic nitrogens is 1. The van der Waals surface area contributed by atoms with Gasteiger partial charge in [0.05, 0.1) is 11.5 Å². The fraction of sp³-hybridized carbons (Fsp3) is 0.522. The maximum atomic E-state index is 12.2. The van der Waals surface area contributed by atoms with Gasteiger partial charge in [-0.15, -0.1) is 0 Å². The number of aliphatic hydroxyl groups excluding tert-OH is 1. The van der Waals surface area contributed by atoms with Crippen LogP contribution in [0.2, 0.25) is 0 Å². The Morgan fingerprint density at radius 2 is 1.96 bits per heavy atom. The molecule has 3 N–H and O–H groups in total. The molecule has 27 heavy (non-hydrogen) atoms. The van der Waals surface area contributed by atoms with Gasteiger partial charge in [-0.2, -0.15) is 0 Å². The SMILES string of the molecule is C[C@@]1(C(=O)O)[C@@H](O)CC[C@@]2(C)C3=C(CC[C@@H]12)Cc1[nH]c2ccccc2c1C3. The van der Waals surface area contributed by atoms with Gasteiger partial charge < -0.3 is 15.2 Å². The van der Waals surface area contributed by atoms with Gasteiger partial charge in [-0.25, -0.2) is 0 Å². The zero-order valence-corrected chi connectivity index (χ0v) is 16.0. The minimum absolute atomic E-state index is 0.0169. The Morgan fingerprint density at radius 1 is 1.19 bits per heavy atom. The van der Waals surface area contributed by atoms with Crippen molar-refractivity contribution in [3.63, 3.8) is 0 Å². The van der Waals surface area contributed by atoms with Gasteiger partial charge in [0.1, 0.15) is 0 Å². The lowest BCUT2D eigenvalue weighted by Crippen LogP contribution is -2.57. The van der Waals surface area contributed by atoms with Crippen molar-refractivity contribution in [2.75, 3.05) is 0 Å². The smallest absolute Gasteiger partial charge is 0.312 e. The number of benzene rings is 1. The second kappa shape index (κ2) is 5.48. The van der Waals surface area contributed by atoms with E-state index >= 15 is 0 Å². The first-order valence-electron chi connectivity index (χ1n) is 10.1. The number of rotatable bonds is 1. The minimum atomic E-state index is -1.06. The van der Waals surface area contributed by atoms with Crippen LogP contribution >= 0.6 is 0 Å². The molecule has 0 bridgehead atoms. The summed E-state index contributed by atoms with van der Waals surface area (Å²) >= 11 is 0. The minimum Gasteiger partial charge on any atom is -0.481 e. The average molecular weight is 365 g/mol. The molecule has 1 aromatic carbocycles. The summed E-state index contributed by atoms with van der Waals surface area (Å²) in [5.41, 5.74) is 5.65. The van der Waals surface area contributed by atoms with Crippen LogP contribution in [0.15, 0.2) is 35.4 Å². The number of hydrogen-bond donors (Lipinski definition) is 3. The monoisotopic (exact) mass is 365 g/mol. The van der Waals surface area contributed by atoms with Crippen molar-refractivity contribution in [1.82, 2.24) is 4.98 Å². The van der Waals surface area contributed by atoms with Crippen LogP contribution in [-0.4, -0.2) is 27.3 Å². The normalized spacial score (nSPS) is 35.5. The zero-order valence-electron chi connectivity index (χ0n) is 16.0. The van der Waals surface area contributed by atoms with E-state index in [9.17, 15) is 15.0 Å². The molecule has 4 nitrogen and oxygen atoms in total. The zero-order chi connectivity index (χ0) is 19.0. The van der Waals surface area contributed by atoms with Crippen molar-refractivity contribution in [2.24, 2.45) is 16.7 Å². The lowest BCUT2D eigenvalue weighted by molar-refractivity contribution is -0.174. The Bertz CT molecular complexity index is 987. The second-order valence-electron chi connectivity index (χ2n) is 9.21. The molecule has 0 amide bonds. The molecule has 2 aromatic rings. The predicted molar refractivity (Wildman–Crippen MR) is 105 cm³/mol. The number of carbonyl (C=O) groups is 1. The van der Waals surface area contributed by atoms with E-state index in [-0.39, 0.29) is 11.3 Å². The third-order valence-electron chi connectivity index (χ3n) is 8.08. The Kier molecular flexibility index (Phi) is 3.46. The number of hydrogen-bond acceptors (Lipinski definition) is 2. The van der Waals surface area contributed by atoms with E-state index in [1.54, 1.807) is 6.92 Å². The third kappa shape index (κ3) is 2.11. The maximum absolute atomic E-state index is 12.2. The first kappa shape index (κ1) is 17.1. The highest BCUT2D eigenvalue weighted by Crippen LogP contribution is 2.61. The quantitative estimate of drug-likeness (QED) is 0.662. The molecule has 4 heteroatoms. The van der Waals surface area contributed by atoms with Crippen LogP contribution in [0, 0.1) is 16.7 Å². The van der Waals surface area contributed by atoms with Gasteiger partial charge in [0.2, 0.25) is 0 Å². The fourth-order valence-corrected chi connectivity index (χ4v) is 6.47. The standard InChI is InChI=1S/C23H27NO3/c1-22-10-9-20(25)23(2,21(26)27)19(22)8-7-13-11-18-15(12-16(13)22)14-5-3-4-6-17(14)24-18/h3-6,19-20,24-25H,7-12H2,1-2H3,(H,26,27)/t19-,20+,22+,23+/m1/s1. The Hall–Kier alpha value is -2.07. The number of aliphatic carboxylic acids is 1. The van der Waals surface area contributed by atoms with E-state index in [0.717, 1.165) is 32.1 Å². The summed E-state index contributed by atoms with van der Waals surface area (Å²) in [5.74, 6) is -0.865. The fourth-order valence-electron chi connectivity index (χ4n) is 6.47. The second-order valence-corrected chi connectivity index (χ2v) is 9.21. The summed E-state index contributed by atoms with van der Waals surface area (Å²) in [6, 6.07) is 8.47. The van der Waals surface area contributed by atoms with E-state index in [0.29, 0.717) is 6.42 Å². The lowest BCUT2D eigenvalue weighted by Gasteiger charge is -2.56. The summed E-state index contributed by atoms with van der Waals surface area (Å²) in [6.45, 7) is 4.03. The number of carboxylic acid groups (broad SMARTS) is 1. The van der Waals surface area contributed by atoms with E-state index in [2.05, 4.69) is 36.2 Å². The first-order valence-corrected chi connectivity index (χ1v) is 10.1. The molecule has 4 atom stereocenters. The lowest BCUT2D eigenvalue weighted by atomic mass is 9.47. The van der Waals surface area contributed by atoms with Crippen LogP contribution in [0.5, 0.6) is 0 Å². The highest BCUT2D eigenvalue weighted by atomic mass is 16.4.